The van der Waals surface area contributed by atoms with Crippen molar-refractivity contribution in [2.45, 2.75) is 32.5 Å². The number of halogens is 1. The minimum atomic E-state index is -0.727. The maximum Gasteiger partial charge on any atom is 0.124 e. The summed E-state index contributed by atoms with van der Waals surface area (Å²) in [6, 6.07) is 5.48. The average Bonchev–Trinajstić information content (AvgIpc) is 2.18. The Morgan fingerprint density at radius 2 is 2.06 bits per heavy atom. The molecule has 0 aliphatic carbocycles. The van der Waals surface area contributed by atoms with Crippen LogP contribution in [0, 0.1) is 0 Å². The van der Waals surface area contributed by atoms with Gasteiger partial charge in [0, 0.05) is 16.5 Å². The molecule has 0 unspecified atom stereocenters. The van der Waals surface area contributed by atoms with Crippen LogP contribution in [0.5, 0.6) is 5.75 Å². The van der Waals surface area contributed by atoms with Gasteiger partial charge >= 0.3 is 0 Å². The molecular weight excluding hydrogens is 272 g/mol. The smallest absolute Gasteiger partial charge is 0.124 e. The monoisotopic (exact) mass is 288 g/mol. The van der Waals surface area contributed by atoms with E-state index in [1.165, 1.54) is 0 Å². The van der Waals surface area contributed by atoms with Gasteiger partial charge in [0.15, 0.2) is 0 Å². The molecule has 0 aromatic heterocycles. The number of ether oxygens (including phenoxy) is 1. The van der Waals surface area contributed by atoms with Crippen molar-refractivity contribution in [3.05, 3.63) is 28.2 Å². The minimum Gasteiger partial charge on any atom is -0.493 e. The zero-order valence-corrected chi connectivity index (χ0v) is 11.1. The zero-order chi connectivity index (χ0) is 12.2. The zero-order valence-electron chi connectivity index (χ0n) is 9.53. The fraction of sp³-hybridized carbons (Fsp3) is 0.500. The largest absolute Gasteiger partial charge is 0.493 e. The van der Waals surface area contributed by atoms with E-state index in [-0.39, 0.29) is 6.61 Å². The van der Waals surface area contributed by atoms with Gasteiger partial charge in [0.2, 0.25) is 0 Å². The predicted octanol–water partition coefficient (Wildman–Crippen LogP) is 2.48. The summed E-state index contributed by atoms with van der Waals surface area (Å²) < 4.78 is 6.43. The number of hydrogen-bond donors (Lipinski definition) is 2. The minimum absolute atomic E-state index is 0.0582. The standard InChI is InChI=1S/C12H17BrO3/c1-12(2,15)5-6-16-11-4-3-10(13)7-9(11)8-14/h3-4,7,14-15H,5-6,8H2,1-2H3. The highest BCUT2D eigenvalue weighted by atomic mass is 79.9. The Kier molecular flexibility index (Phi) is 4.77. The molecule has 0 radical (unpaired) electrons. The van der Waals surface area contributed by atoms with E-state index in [1.54, 1.807) is 19.9 Å². The Bertz CT molecular complexity index is 345. The Morgan fingerprint density at radius 3 is 2.62 bits per heavy atom. The first-order valence-corrected chi connectivity index (χ1v) is 5.96. The summed E-state index contributed by atoms with van der Waals surface area (Å²) in [6.45, 7) is 3.85. The van der Waals surface area contributed by atoms with Gasteiger partial charge in [-0.1, -0.05) is 15.9 Å². The lowest BCUT2D eigenvalue weighted by molar-refractivity contribution is 0.0550. The van der Waals surface area contributed by atoms with Crippen LogP contribution in [0.1, 0.15) is 25.8 Å². The van der Waals surface area contributed by atoms with Crippen LogP contribution < -0.4 is 4.74 Å². The quantitative estimate of drug-likeness (QED) is 0.875. The summed E-state index contributed by atoms with van der Waals surface area (Å²) in [5, 5.41) is 18.7. The summed E-state index contributed by atoms with van der Waals surface area (Å²) in [7, 11) is 0. The third kappa shape index (κ3) is 4.51. The summed E-state index contributed by atoms with van der Waals surface area (Å²) in [6.07, 6.45) is 0.550. The highest BCUT2D eigenvalue weighted by Gasteiger charge is 2.12. The fourth-order valence-corrected chi connectivity index (χ4v) is 1.63. The fourth-order valence-electron chi connectivity index (χ4n) is 1.22. The van der Waals surface area contributed by atoms with E-state index in [0.29, 0.717) is 18.8 Å². The van der Waals surface area contributed by atoms with Crippen LogP contribution in [0.2, 0.25) is 0 Å². The molecule has 0 heterocycles. The van der Waals surface area contributed by atoms with E-state index in [0.717, 1.165) is 10.0 Å². The molecule has 0 atom stereocenters. The van der Waals surface area contributed by atoms with Crippen LogP contribution in [-0.4, -0.2) is 22.4 Å². The molecule has 4 heteroatoms. The lowest BCUT2D eigenvalue weighted by Crippen LogP contribution is -2.22. The molecule has 0 aliphatic heterocycles. The van der Waals surface area contributed by atoms with Crippen LogP contribution in [-0.2, 0) is 6.61 Å². The first-order valence-electron chi connectivity index (χ1n) is 5.17. The highest BCUT2D eigenvalue weighted by Crippen LogP contribution is 2.23. The molecule has 0 saturated carbocycles. The number of benzene rings is 1. The van der Waals surface area contributed by atoms with E-state index >= 15 is 0 Å². The third-order valence-electron chi connectivity index (χ3n) is 2.16. The average molecular weight is 289 g/mol. The second kappa shape index (κ2) is 5.66. The second-order valence-electron chi connectivity index (χ2n) is 4.32. The molecule has 16 heavy (non-hydrogen) atoms. The molecule has 0 spiro atoms. The molecule has 0 saturated heterocycles. The molecule has 2 N–H and O–H groups in total. The summed E-state index contributed by atoms with van der Waals surface area (Å²) in [5.41, 5.74) is 0.0134. The first kappa shape index (κ1) is 13.5. The van der Waals surface area contributed by atoms with Gasteiger partial charge in [-0.3, -0.25) is 0 Å². The van der Waals surface area contributed by atoms with Crippen molar-refractivity contribution in [3.8, 4) is 5.75 Å². The lowest BCUT2D eigenvalue weighted by Gasteiger charge is -2.18. The van der Waals surface area contributed by atoms with E-state index in [4.69, 9.17) is 9.84 Å². The van der Waals surface area contributed by atoms with Crippen LogP contribution in [0.4, 0.5) is 0 Å². The normalized spacial score (nSPS) is 11.6. The number of aliphatic hydroxyl groups excluding tert-OH is 1. The molecule has 0 aliphatic rings. The second-order valence-corrected chi connectivity index (χ2v) is 5.24. The van der Waals surface area contributed by atoms with Crippen LogP contribution in [0.3, 0.4) is 0 Å². The molecule has 1 rings (SSSR count). The van der Waals surface area contributed by atoms with Crippen molar-refractivity contribution in [2.75, 3.05) is 6.61 Å². The predicted molar refractivity (Wildman–Crippen MR) is 66.5 cm³/mol. The van der Waals surface area contributed by atoms with Gasteiger partial charge in [-0.05, 0) is 32.0 Å². The van der Waals surface area contributed by atoms with Crippen LogP contribution >= 0.6 is 15.9 Å². The third-order valence-corrected chi connectivity index (χ3v) is 2.66. The first-order chi connectivity index (χ1) is 7.42. The van der Waals surface area contributed by atoms with Crippen molar-refractivity contribution in [2.24, 2.45) is 0 Å². The molecule has 1 aromatic rings. The Balaban J connectivity index is 2.60. The lowest BCUT2D eigenvalue weighted by atomic mass is 10.1. The number of hydrogen-bond acceptors (Lipinski definition) is 3. The van der Waals surface area contributed by atoms with Gasteiger partial charge in [-0.25, -0.2) is 0 Å². The number of aliphatic hydroxyl groups is 2. The summed E-state index contributed by atoms with van der Waals surface area (Å²) in [5.74, 6) is 0.662. The maximum atomic E-state index is 9.53. The molecule has 1 aromatic carbocycles. The molecule has 3 nitrogen and oxygen atoms in total. The van der Waals surface area contributed by atoms with Gasteiger partial charge in [-0.15, -0.1) is 0 Å². The van der Waals surface area contributed by atoms with E-state index < -0.39 is 5.60 Å². The van der Waals surface area contributed by atoms with Gasteiger partial charge in [0.05, 0.1) is 18.8 Å². The highest BCUT2D eigenvalue weighted by molar-refractivity contribution is 9.10. The molecule has 90 valence electrons. The van der Waals surface area contributed by atoms with Crippen molar-refractivity contribution < 1.29 is 14.9 Å². The van der Waals surface area contributed by atoms with Crippen molar-refractivity contribution >= 4 is 15.9 Å². The number of rotatable bonds is 5. The van der Waals surface area contributed by atoms with E-state index in [1.807, 2.05) is 12.1 Å². The molecular formula is C12H17BrO3. The maximum absolute atomic E-state index is 9.53. The van der Waals surface area contributed by atoms with E-state index in [2.05, 4.69) is 15.9 Å². The van der Waals surface area contributed by atoms with Crippen molar-refractivity contribution in [3.63, 3.8) is 0 Å². The Morgan fingerprint density at radius 1 is 1.38 bits per heavy atom. The van der Waals surface area contributed by atoms with Gasteiger partial charge in [0.25, 0.3) is 0 Å². The molecule has 0 amide bonds. The van der Waals surface area contributed by atoms with Gasteiger partial charge < -0.3 is 14.9 Å². The Hall–Kier alpha value is -0.580. The molecule has 0 fully saturated rings. The van der Waals surface area contributed by atoms with Gasteiger partial charge in [0.1, 0.15) is 5.75 Å². The topological polar surface area (TPSA) is 49.7 Å². The summed E-state index contributed by atoms with van der Waals surface area (Å²) in [4.78, 5) is 0. The van der Waals surface area contributed by atoms with E-state index in [9.17, 15) is 5.11 Å². The Labute approximate surface area is 104 Å². The van der Waals surface area contributed by atoms with Crippen LogP contribution in [0.15, 0.2) is 22.7 Å². The SMILES string of the molecule is CC(C)(O)CCOc1ccc(Br)cc1CO. The molecule has 0 bridgehead atoms. The van der Waals surface area contributed by atoms with Crippen molar-refractivity contribution in [1.82, 2.24) is 0 Å². The van der Waals surface area contributed by atoms with Crippen LogP contribution in [0.25, 0.3) is 0 Å². The van der Waals surface area contributed by atoms with Gasteiger partial charge in [-0.2, -0.15) is 0 Å². The van der Waals surface area contributed by atoms with Crippen molar-refractivity contribution in [1.29, 1.82) is 0 Å². The summed E-state index contributed by atoms with van der Waals surface area (Å²) >= 11 is 3.33.